The molecule has 0 saturated carbocycles. The van der Waals surface area contributed by atoms with Gasteiger partial charge in [-0.2, -0.15) is 0 Å². The van der Waals surface area contributed by atoms with Crippen molar-refractivity contribution in [2.45, 2.75) is 25.9 Å². The molecule has 0 radical (unpaired) electrons. The molecule has 2 aromatic carbocycles. The van der Waals surface area contributed by atoms with Crippen LogP contribution in [0, 0.1) is 0 Å². The fourth-order valence-corrected chi connectivity index (χ4v) is 2.35. The fraction of sp³-hybridized carbons (Fsp3) is 0.316. The van der Waals surface area contributed by atoms with Crippen LogP contribution in [0.2, 0.25) is 5.02 Å². The third kappa shape index (κ3) is 5.87. The Morgan fingerprint density at radius 3 is 2.46 bits per heavy atom. The van der Waals surface area contributed by atoms with Gasteiger partial charge in [0.05, 0.1) is 6.10 Å². The first kappa shape index (κ1) is 18.3. The van der Waals surface area contributed by atoms with Crippen LogP contribution in [0.5, 0.6) is 5.75 Å². The van der Waals surface area contributed by atoms with Crippen LogP contribution in [0.4, 0.5) is 0 Å². The molecule has 0 fully saturated rings. The first-order chi connectivity index (χ1) is 11.6. The quantitative estimate of drug-likeness (QED) is 0.768. The Kier molecular flexibility index (Phi) is 7.09. The second-order valence-electron chi connectivity index (χ2n) is 5.51. The van der Waals surface area contributed by atoms with Crippen LogP contribution in [0.3, 0.4) is 0 Å². The molecule has 0 heterocycles. The summed E-state index contributed by atoms with van der Waals surface area (Å²) in [4.78, 5) is 11.8. The molecule has 2 N–H and O–H groups in total. The highest BCUT2D eigenvalue weighted by atomic mass is 35.5. The van der Waals surface area contributed by atoms with Gasteiger partial charge in [0, 0.05) is 11.6 Å². The summed E-state index contributed by atoms with van der Waals surface area (Å²) in [5.41, 5.74) is 1.96. The van der Waals surface area contributed by atoms with Crippen molar-refractivity contribution in [3.05, 3.63) is 64.7 Å². The molecule has 5 heteroatoms. The third-order valence-corrected chi connectivity index (χ3v) is 3.92. The molecule has 1 unspecified atom stereocenters. The number of nitrogens with one attached hydrogen (secondary N) is 1. The largest absolute Gasteiger partial charge is 0.484 e. The minimum Gasteiger partial charge on any atom is -0.484 e. The van der Waals surface area contributed by atoms with Gasteiger partial charge in [0.1, 0.15) is 5.75 Å². The molecule has 0 spiro atoms. The molecule has 0 bridgehead atoms. The zero-order valence-electron chi connectivity index (χ0n) is 13.7. The van der Waals surface area contributed by atoms with E-state index >= 15 is 0 Å². The maximum Gasteiger partial charge on any atom is 0.257 e. The number of halogens is 1. The molecular weight excluding hydrogens is 326 g/mol. The Morgan fingerprint density at radius 2 is 1.83 bits per heavy atom. The smallest absolute Gasteiger partial charge is 0.257 e. The van der Waals surface area contributed by atoms with Crippen LogP contribution in [0.1, 0.15) is 30.6 Å². The minimum absolute atomic E-state index is 0.0315. The van der Waals surface area contributed by atoms with E-state index in [2.05, 4.69) is 5.32 Å². The normalized spacial score (nSPS) is 11.8. The maximum absolute atomic E-state index is 11.8. The lowest BCUT2D eigenvalue weighted by molar-refractivity contribution is -0.123. The Morgan fingerprint density at radius 1 is 1.17 bits per heavy atom. The van der Waals surface area contributed by atoms with Gasteiger partial charge < -0.3 is 15.2 Å². The van der Waals surface area contributed by atoms with Crippen molar-refractivity contribution >= 4 is 17.5 Å². The maximum atomic E-state index is 11.8. The summed E-state index contributed by atoms with van der Waals surface area (Å²) in [6.07, 6.45) is 0.943. The summed E-state index contributed by atoms with van der Waals surface area (Å²) in [6.45, 7) is 2.44. The van der Waals surface area contributed by atoms with E-state index in [0.717, 1.165) is 17.5 Å². The number of carbonyl (C=O) groups is 1. The number of benzene rings is 2. The first-order valence-corrected chi connectivity index (χ1v) is 8.38. The molecule has 0 aliphatic heterocycles. The molecule has 0 aliphatic rings. The molecule has 128 valence electrons. The van der Waals surface area contributed by atoms with Crippen LogP contribution < -0.4 is 10.1 Å². The zero-order chi connectivity index (χ0) is 17.4. The van der Waals surface area contributed by atoms with E-state index in [0.29, 0.717) is 23.7 Å². The van der Waals surface area contributed by atoms with Gasteiger partial charge in [-0.15, -0.1) is 0 Å². The fourth-order valence-electron chi connectivity index (χ4n) is 2.22. The van der Waals surface area contributed by atoms with Gasteiger partial charge >= 0.3 is 0 Å². The van der Waals surface area contributed by atoms with Gasteiger partial charge in [0.15, 0.2) is 6.61 Å². The van der Waals surface area contributed by atoms with Crippen molar-refractivity contribution < 1.29 is 14.6 Å². The number of aliphatic hydroxyl groups is 1. The van der Waals surface area contributed by atoms with Crippen molar-refractivity contribution in [1.82, 2.24) is 5.32 Å². The summed E-state index contributed by atoms with van der Waals surface area (Å²) in [5, 5.41) is 13.3. The van der Waals surface area contributed by atoms with E-state index in [9.17, 15) is 9.90 Å². The van der Waals surface area contributed by atoms with Gasteiger partial charge in [-0.3, -0.25) is 4.79 Å². The predicted octanol–water partition coefficient (Wildman–Crippen LogP) is 3.52. The molecule has 24 heavy (non-hydrogen) atoms. The Hall–Kier alpha value is -2.04. The Balaban J connectivity index is 1.70. The second-order valence-corrected chi connectivity index (χ2v) is 5.94. The molecule has 1 amide bonds. The van der Waals surface area contributed by atoms with Crippen LogP contribution in [0.25, 0.3) is 0 Å². The summed E-state index contributed by atoms with van der Waals surface area (Å²) < 4.78 is 5.44. The molecule has 0 aliphatic carbocycles. The lowest BCUT2D eigenvalue weighted by Crippen LogP contribution is -2.30. The number of rotatable bonds is 8. The molecule has 2 aromatic rings. The van der Waals surface area contributed by atoms with Crippen molar-refractivity contribution in [1.29, 1.82) is 0 Å². The molecule has 4 nitrogen and oxygen atoms in total. The number of amides is 1. The molecular formula is C19H22ClNO3. The topological polar surface area (TPSA) is 58.6 Å². The monoisotopic (exact) mass is 347 g/mol. The average Bonchev–Trinajstić information content (AvgIpc) is 2.61. The summed E-state index contributed by atoms with van der Waals surface area (Å²) in [7, 11) is 0. The van der Waals surface area contributed by atoms with Crippen LogP contribution in [0.15, 0.2) is 48.5 Å². The van der Waals surface area contributed by atoms with Crippen LogP contribution in [-0.2, 0) is 11.2 Å². The molecule has 1 atom stereocenters. The van der Waals surface area contributed by atoms with Crippen molar-refractivity contribution in [3.8, 4) is 5.75 Å². The number of ether oxygens (including phenoxy) is 1. The highest BCUT2D eigenvalue weighted by Crippen LogP contribution is 2.19. The molecule has 0 saturated heterocycles. The average molecular weight is 348 g/mol. The van der Waals surface area contributed by atoms with Crippen molar-refractivity contribution in [2.75, 3.05) is 13.2 Å². The van der Waals surface area contributed by atoms with E-state index in [1.807, 2.05) is 43.3 Å². The second kappa shape index (κ2) is 9.30. The van der Waals surface area contributed by atoms with Gasteiger partial charge in [0.25, 0.3) is 5.91 Å². The van der Waals surface area contributed by atoms with E-state index in [-0.39, 0.29) is 12.5 Å². The minimum atomic E-state index is -0.463. The Labute approximate surface area is 147 Å². The summed E-state index contributed by atoms with van der Waals surface area (Å²) in [5.74, 6) is 0.441. The van der Waals surface area contributed by atoms with Crippen molar-refractivity contribution in [2.24, 2.45) is 0 Å². The summed E-state index contributed by atoms with van der Waals surface area (Å²) >= 11 is 5.83. The highest BCUT2D eigenvalue weighted by molar-refractivity contribution is 6.30. The molecule has 0 aromatic heterocycles. The lowest BCUT2D eigenvalue weighted by atomic mass is 10.1. The van der Waals surface area contributed by atoms with E-state index in [1.165, 1.54) is 0 Å². The number of carbonyl (C=O) groups excluding carboxylic acids is 1. The third-order valence-electron chi connectivity index (χ3n) is 3.67. The number of hydrogen-bond acceptors (Lipinski definition) is 3. The van der Waals surface area contributed by atoms with Gasteiger partial charge in [-0.05, 0) is 48.2 Å². The van der Waals surface area contributed by atoms with E-state index < -0.39 is 6.10 Å². The molecule has 2 rings (SSSR count). The highest BCUT2D eigenvalue weighted by Gasteiger charge is 2.06. The van der Waals surface area contributed by atoms with E-state index in [4.69, 9.17) is 16.3 Å². The SMILES string of the molecule is CCC(O)c1ccc(OCC(=O)NCCc2ccc(Cl)cc2)cc1. The van der Waals surface area contributed by atoms with Gasteiger partial charge in [-0.25, -0.2) is 0 Å². The number of aliphatic hydroxyl groups excluding tert-OH is 1. The van der Waals surface area contributed by atoms with Crippen molar-refractivity contribution in [3.63, 3.8) is 0 Å². The zero-order valence-corrected chi connectivity index (χ0v) is 14.4. The summed E-state index contributed by atoms with van der Waals surface area (Å²) in [6, 6.07) is 14.7. The lowest BCUT2D eigenvalue weighted by Gasteiger charge is -2.10. The van der Waals surface area contributed by atoms with E-state index in [1.54, 1.807) is 12.1 Å². The van der Waals surface area contributed by atoms with Crippen LogP contribution in [-0.4, -0.2) is 24.2 Å². The van der Waals surface area contributed by atoms with Gasteiger partial charge in [0.2, 0.25) is 0 Å². The first-order valence-electron chi connectivity index (χ1n) is 8.00. The standard InChI is InChI=1S/C19H22ClNO3/c1-2-18(22)15-5-9-17(10-6-15)24-13-19(23)21-12-11-14-3-7-16(20)8-4-14/h3-10,18,22H,2,11-13H2,1H3,(H,21,23). The predicted molar refractivity (Wildman–Crippen MR) is 95.4 cm³/mol. The Bertz CT molecular complexity index is 641. The van der Waals surface area contributed by atoms with Gasteiger partial charge in [-0.1, -0.05) is 42.8 Å². The van der Waals surface area contributed by atoms with Crippen LogP contribution >= 0.6 is 11.6 Å². The number of hydrogen-bond donors (Lipinski definition) is 2.